The molecule has 1 N–H and O–H groups in total. The van der Waals surface area contributed by atoms with E-state index in [1.165, 1.54) is 11.8 Å². The zero-order chi connectivity index (χ0) is 20.6. The Kier molecular flexibility index (Phi) is 6.63. The molecule has 29 heavy (non-hydrogen) atoms. The summed E-state index contributed by atoms with van der Waals surface area (Å²) in [6, 6.07) is 24.6. The zero-order valence-corrected chi connectivity index (χ0v) is 16.6. The van der Waals surface area contributed by atoms with E-state index in [1.807, 2.05) is 61.5 Å². The second-order valence-corrected chi connectivity index (χ2v) is 6.74. The summed E-state index contributed by atoms with van der Waals surface area (Å²) >= 11 is 0. The second kappa shape index (κ2) is 9.55. The van der Waals surface area contributed by atoms with E-state index in [2.05, 4.69) is 5.32 Å². The molecule has 0 saturated heterocycles. The monoisotopic (exact) mass is 388 g/mol. The number of carbonyl (C=O) groups excluding carboxylic acids is 2. The number of hydrogen-bond acceptors (Lipinski definition) is 3. The molecule has 2 amide bonds. The van der Waals surface area contributed by atoms with Crippen LogP contribution in [0.5, 0.6) is 5.75 Å². The maximum absolute atomic E-state index is 12.4. The predicted octanol–water partition coefficient (Wildman–Crippen LogP) is 4.57. The average molecular weight is 388 g/mol. The van der Waals surface area contributed by atoms with Crippen molar-refractivity contribution in [2.75, 3.05) is 16.8 Å². The smallest absolute Gasteiger partial charge is 0.244 e. The molecule has 0 aliphatic heterocycles. The van der Waals surface area contributed by atoms with Crippen LogP contribution in [0.3, 0.4) is 0 Å². The van der Waals surface area contributed by atoms with Crippen LogP contribution in [-0.2, 0) is 16.2 Å². The lowest BCUT2D eigenvalue weighted by atomic mass is 10.2. The van der Waals surface area contributed by atoms with Crippen LogP contribution in [0.25, 0.3) is 0 Å². The molecule has 0 aliphatic rings. The largest absolute Gasteiger partial charge is 0.489 e. The van der Waals surface area contributed by atoms with Crippen molar-refractivity contribution < 1.29 is 14.3 Å². The van der Waals surface area contributed by atoms with Crippen molar-refractivity contribution >= 4 is 23.2 Å². The van der Waals surface area contributed by atoms with E-state index >= 15 is 0 Å². The summed E-state index contributed by atoms with van der Waals surface area (Å²) in [5, 5.41) is 2.86. The van der Waals surface area contributed by atoms with E-state index in [0.29, 0.717) is 18.0 Å². The molecule has 0 radical (unpaired) electrons. The Morgan fingerprint density at radius 2 is 1.55 bits per heavy atom. The van der Waals surface area contributed by atoms with Crippen molar-refractivity contribution in [1.82, 2.24) is 0 Å². The van der Waals surface area contributed by atoms with Gasteiger partial charge in [-0.2, -0.15) is 0 Å². The molecule has 0 fully saturated rings. The number of hydrogen-bond donors (Lipinski definition) is 1. The highest BCUT2D eigenvalue weighted by Crippen LogP contribution is 2.21. The van der Waals surface area contributed by atoms with Crippen LogP contribution in [0.1, 0.15) is 18.1 Å². The topological polar surface area (TPSA) is 58.6 Å². The molecule has 0 saturated carbocycles. The molecule has 0 unspecified atom stereocenters. The lowest BCUT2D eigenvalue weighted by Crippen LogP contribution is -2.36. The molecular formula is C24H24N2O3. The average Bonchev–Trinajstić information content (AvgIpc) is 2.73. The minimum absolute atomic E-state index is 0.0616. The van der Waals surface area contributed by atoms with E-state index < -0.39 is 0 Å². The van der Waals surface area contributed by atoms with Crippen molar-refractivity contribution in [3.8, 4) is 5.75 Å². The Balaban J connectivity index is 1.63. The third kappa shape index (κ3) is 5.69. The summed E-state index contributed by atoms with van der Waals surface area (Å²) in [7, 11) is 0. The van der Waals surface area contributed by atoms with Gasteiger partial charge in [-0.1, -0.05) is 48.5 Å². The highest BCUT2D eigenvalue weighted by Gasteiger charge is 2.16. The van der Waals surface area contributed by atoms with E-state index in [9.17, 15) is 9.59 Å². The van der Waals surface area contributed by atoms with Gasteiger partial charge in [0.1, 0.15) is 18.9 Å². The number of rotatable bonds is 7. The van der Waals surface area contributed by atoms with Gasteiger partial charge in [-0.15, -0.1) is 0 Å². The van der Waals surface area contributed by atoms with E-state index in [1.54, 1.807) is 24.3 Å². The summed E-state index contributed by atoms with van der Waals surface area (Å²) in [5.74, 6) is 0.243. The van der Waals surface area contributed by atoms with Gasteiger partial charge in [0, 0.05) is 18.3 Å². The van der Waals surface area contributed by atoms with E-state index in [4.69, 9.17) is 4.74 Å². The minimum Gasteiger partial charge on any atom is -0.489 e. The predicted molar refractivity (Wildman–Crippen MR) is 115 cm³/mol. The van der Waals surface area contributed by atoms with Crippen molar-refractivity contribution in [2.24, 2.45) is 0 Å². The summed E-state index contributed by atoms with van der Waals surface area (Å²) in [6.07, 6.45) is 0. The highest BCUT2D eigenvalue weighted by atomic mass is 16.5. The number of ether oxygens (including phenoxy) is 1. The number of nitrogens with zero attached hydrogens (tertiary/aromatic N) is 1. The molecule has 0 atom stereocenters. The number of anilines is 2. The van der Waals surface area contributed by atoms with Crippen LogP contribution in [0, 0.1) is 6.92 Å². The van der Waals surface area contributed by atoms with Crippen LogP contribution in [0.2, 0.25) is 0 Å². The first-order valence-corrected chi connectivity index (χ1v) is 9.43. The Labute approximate surface area is 170 Å². The summed E-state index contributed by atoms with van der Waals surface area (Å²) in [5.41, 5.74) is 3.43. The lowest BCUT2D eigenvalue weighted by molar-refractivity contribution is -0.120. The van der Waals surface area contributed by atoms with Gasteiger partial charge in [0.25, 0.3) is 0 Å². The van der Waals surface area contributed by atoms with Crippen LogP contribution < -0.4 is 15.0 Å². The van der Waals surface area contributed by atoms with Gasteiger partial charge < -0.3 is 15.0 Å². The molecular weight excluding hydrogens is 364 g/mol. The van der Waals surface area contributed by atoms with Gasteiger partial charge >= 0.3 is 0 Å². The van der Waals surface area contributed by atoms with Gasteiger partial charge in [0.05, 0.1) is 0 Å². The number of para-hydroxylation sites is 1. The fourth-order valence-electron chi connectivity index (χ4n) is 2.89. The maximum atomic E-state index is 12.4. The maximum Gasteiger partial charge on any atom is 0.244 e. The Bertz CT molecular complexity index is 969. The number of carbonyl (C=O) groups is 2. The first-order valence-electron chi connectivity index (χ1n) is 9.43. The molecule has 5 nitrogen and oxygen atoms in total. The summed E-state index contributed by atoms with van der Waals surface area (Å²) in [6.45, 7) is 3.77. The van der Waals surface area contributed by atoms with E-state index in [-0.39, 0.29) is 18.4 Å². The van der Waals surface area contributed by atoms with Crippen molar-refractivity contribution in [3.63, 3.8) is 0 Å². The SMILES string of the molecule is CC(=O)N(CC(=O)Nc1ccccc1C)c1ccc(OCc2ccccc2)cc1. The van der Waals surface area contributed by atoms with E-state index in [0.717, 1.165) is 16.8 Å². The van der Waals surface area contributed by atoms with Crippen LogP contribution >= 0.6 is 0 Å². The van der Waals surface area contributed by atoms with Gasteiger partial charge in [-0.05, 0) is 48.4 Å². The van der Waals surface area contributed by atoms with Gasteiger partial charge in [0.15, 0.2) is 0 Å². The quantitative estimate of drug-likeness (QED) is 0.645. The molecule has 3 rings (SSSR count). The molecule has 0 bridgehead atoms. The first-order chi connectivity index (χ1) is 14.0. The molecule has 3 aromatic carbocycles. The summed E-state index contributed by atoms with van der Waals surface area (Å²) in [4.78, 5) is 26.0. The second-order valence-electron chi connectivity index (χ2n) is 6.74. The Morgan fingerprint density at radius 1 is 0.897 bits per heavy atom. The Hall–Kier alpha value is -3.60. The number of amides is 2. The van der Waals surface area contributed by atoms with Crippen molar-refractivity contribution in [3.05, 3.63) is 90.0 Å². The molecule has 0 aliphatic carbocycles. The standard InChI is InChI=1S/C24H24N2O3/c1-18-8-6-7-11-23(18)25-24(28)16-26(19(2)27)21-12-14-22(15-13-21)29-17-20-9-4-3-5-10-20/h3-15H,16-17H2,1-2H3,(H,25,28). The molecule has 5 heteroatoms. The zero-order valence-electron chi connectivity index (χ0n) is 16.6. The first kappa shape index (κ1) is 20.1. The highest BCUT2D eigenvalue weighted by molar-refractivity contribution is 6.02. The third-order valence-electron chi connectivity index (χ3n) is 4.50. The number of benzene rings is 3. The fraction of sp³-hybridized carbons (Fsp3) is 0.167. The minimum atomic E-state index is -0.251. The third-order valence-corrected chi connectivity index (χ3v) is 4.50. The van der Waals surface area contributed by atoms with Crippen LogP contribution in [-0.4, -0.2) is 18.4 Å². The van der Waals surface area contributed by atoms with Gasteiger partial charge in [0.2, 0.25) is 11.8 Å². The molecule has 148 valence electrons. The molecule has 0 spiro atoms. The number of aryl methyl sites for hydroxylation is 1. The van der Waals surface area contributed by atoms with Gasteiger partial charge in [-0.3, -0.25) is 9.59 Å². The Morgan fingerprint density at radius 3 is 2.21 bits per heavy atom. The van der Waals surface area contributed by atoms with Gasteiger partial charge in [-0.25, -0.2) is 0 Å². The normalized spacial score (nSPS) is 10.3. The molecule has 3 aromatic rings. The lowest BCUT2D eigenvalue weighted by Gasteiger charge is -2.21. The number of nitrogens with one attached hydrogen (secondary N) is 1. The molecule has 0 heterocycles. The summed E-state index contributed by atoms with van der Waals surface area (Å²) < 4.78 is 5.78. The molecule has 0 aromatic heterocycles. The van der Waals surface area contributed by atoms with Crippen molar-refractivity contribution in [1.29, 1.82) is 0 Å². The van der Waals surface area contributed by atoms with Crippen LogP contribution in [0.4, 0.5) is 11.4 Å². The van der Waals surface area contributed by atoms with Crippen molar-refractivity contribution in [2.45, 2.75) is 20.5 Å². The fourth-order valence-corrected chi connectivity index (χ4v) is 2.89. The van der Waals surface area contributed by atoms with Crippen LogP contribution in [0.15, 0.2) is 78.9 Å².